The lowest BCUT2D eigenvalue weighted by Gasteiger charge is -2.33. The maximum absolute atomic E-state index is 13.8. The second-order valence-electron chi connectivity index (χ2n) is 14.8. The van der Waals surface area contributed by atoms with E-state index in [-0.39, 0.29) is 23.6 Å². The number of anilines is 2. The molecule has 4 aliphatic heterocycles. The Balaban J connectivity index is 0.851. The summed E-state index contributed by atoms with van der Waals surface area (Å²) in [5, 5.41) is 10.1. The van der Waals surface area contributed by atoms with Crippen LogP contribution in [0, 0.1) is 0 Å². The molecule has 0 spiro atoms. The van der Waals surface area contributed by atoms with Crippen molar-refractivity contribution < 1.29 is 19.2 Å². The Bertz CT molecular complexity index is 1940. The van der Waals surface area contributed by atoms with Gasteiger partial charge in [-0.05, 0) is 80.8 Å². The molecule has 8 rings (SSSR count). The van der Waals surface area contributed by atoms with Gasteiger partial charge in [-0.2, -0.15) is 0 Å². The summed E-state index contributed by atoms with van der Waals surface area (Å²) < 4.78 is 0. The molecule has 0 saturated carbocycles. The van der Waals surface area contributed by atoms with E-state index in [1.165, 1.54) is 9.80 Å². The average molecular weight is 717 g/mol. The van der Waals surface area contributed by atoms with Gasteiger partial charge in [0.2, 0.25) is 0 Å². The number of piperazine rings is 2. The minimum absolute atomic E-state index is 0.232. The zero-order valence-electron chi connectivity index (χ0n) is 30.7. The zero-order valence-corrected chi connectivity index (χ0v) is 30.7. The first kappa shape index (κ1) is 35.2. The number of likely N-dealkylation sites (N-methyl/N-ethyl adjacent to an activating group) is 2. The van der Waals surface area contributed by atoms with Crippen LogP contribution in [-0.4, -0.2) is 149 Å². The maximum Gasteiger partial charge on any atom is 0.261 e. The first-order valence-corrected chi connectivity index (χ1v) is 18.9. The Labute approximate surface area is 310 Å². The van der Waals surface area contributed by atoms with Gasteiger partial charge in [0.1, 0.15) is 0 Å². The highest BCUT2D eigenvalue weighted by atomic mass is 16.2. The molecule has 4 amide bonds. The lowest BCUT2D eigenvalue weighted by molar-refractivity contribution is 0.0585. The molecule has 0 aliphatic carbocycles. The molecule has 0 bridgehead atoms. The average Bonchev–Trinajstić information content (AvgIpc) is 3.19. The van der Waals surface area contributed by atoms with Crippen LogP contribution in [-0.2, 0) is 0 Å². The van der Waals surface area contributed by atoms with E-state index in [9.17, 15) is 19.2 Å². The first-order chi connectivity index (χ1) is 25.8. The van der Waals surface area contributed by atoms with E-state index in [0.29, 0.717) is 48.4 Å². The molecule has 2 saturated heterocycles. The number of amides is 4. The summed E-state index contributed by atoms with van der Waals surface area (Å²) in [6.45, 7) is 10.4. The summed E-state index contributed by atoms with van der Waals surface area (Å²) >= 11 is 0. The van der Waals surface area contributed by atoms with Gasteiger partial charge in [0.15, 0.2) is 0 Å². The van der Waals surface area contributed by atoms with Gasteiger partial charge >= 0.3 is 0 Å². The molecule has 276 valence electrons. The molecule has 4 aromatic carbocycles. The second-order valence-corrected chi connectivity index (χ2v) is 14.8. The fraction of sp³-hybridized carbons (Fsp3) is 0.415. The van der Waals surface area contributed by atoms with Crippen molar-refractivity contribution in [2.24, 2.45) is 0 Å². The van der Waals surface area contributed by atoms with Gasteiger partial charge in [0.05, 0.1) is 11.1 Å². The third-order valence-electron chi connectivity index (χ3n) is 11.3. The maximum atomic E-state index is 13.8. The normalized spacial score (nSPS) is 17.7. The van der Waals surface area contributed by atoms with Crippen LogP contribution in [0.5, 0.6) is 0 Å². The minimum atomic E-state index is -0.239. The lowest BCUT2D eigenvalue weighted by atomic mass is 9.93. The highest BCUT2D eigenvalue weighted by Crippen LogP contribution is 2.35. The molecule has 0 radical (unpaired) electrons. The number of hydrogen-bond acceptors (Lipinski definition) is 10. The van der Waals surface area contributed by atoms with Crippen LogP contribution in [0.1, 0.15) is 47.9 Å². The molecule has 0 aromatic heterocycles. The number of nitrogens with zero attached hydrogens (tertiary/aromatic N) is 6. The molecule has 53 heavy (non-hydrogen) atoms. The second kappa shape index (κ2) is 14.9. The van der Waals surface area contributed by atoms with E-state index in [0.717, 1.165) is 105 Å². The zero-order chi connectivity index (χ0) is 36.6. The number of imide groups is 2. The van der Waals surface area contributed by atoms with Crippen molar-refractivity contribution in [3.63, 3.8) is 0 Å². The number of benzene rings is 4. The molecule has 0 atom stereocenters. The van der Waals surface area contributed by atoms with Crippen LogP contribution in [0.2, 0.25) is 0 Å². The van der Waals surface area contributed by atoms with E-state index in [1.54, 1.807) is 0 Å². The number of rotatable bonds is 12. The molecule has 4 heterocycles. The lowest BCUT2D eigenvalue weighted by Crippen LogP contribution is -2.45. The van der Waals surface area contributed by atoms with E-state index in [1.807, 2.05) is 62.6 Å². The minimum Gasteiger partial charge on any atom is -0.369 e. The highest BCUT2D eigenvalue weighted by molar-refractivity contribution is 6.27. The van der Waals surface area contributed by atoms with E-state index < -0.39 is 0 Å². The summed E-state index contributed by atoms with van der Waals surface area (Å²) in [5.41, 5.74) is 4.40. The molecular formula is C41H48N8O4. The third-order valence-corrected chi connectivity index (χ3v) is 11.3. The monoisotopic (exact) mass is 716 g/mol. The van der Waals surface area contributed by atoms with Crippen LogP contribution in [0.15, 0.2) is 60.7 Å². The molecule has 4 aromatic rings. The van der Waals surface area contributed by atoms with Crippen molar-refractivity contribution in [3.05, 3.63) is 82.9 Å². The SMILES string of the molecule is CN(CCCN(C)CCN1C(=O)c2cccc3cc(N4CCNCC4)cc(c23)C1=O)CCN1C(=O)c2cccc3cc(N4CCNCC4)cc(c23)C1=O. The quantitative estimate of drug-likeness (QED) is 0.213. The van der Waals surface area contributed by atoms with Crippen LogP contribution < -0.4 is 20.4 Å². The highest BCUT2D eigenvalue weighted by Gasteiger charge is 2.35. The van der Waals surface area contributed by atoms with Crippen LogP contribution in [0.25, 0.3) is 21.5 Å². The molecule has 0 unspecified atom stereocenters. The van der Waals surface area contributed by atoms with E-state index >= 15 is 0 Å². The topological polar surface area (TPSA) is 112 Å². The molecule has 2 N–H and O–H groups in total. The largest absolute Gasteiger partial charge is 0.369 e. The fourth-order valence-corrected chi connectivity index (χ4v) is 8.28. The fourth-order valence-electron chi connectivity index (χ4n) is 8.28. The smallest absolute Gasteiger partial charge is 0.261 e. The Kier molecular flexibility index (Phi) is 9.86. The molecule has 12 nitrogen and oxygen atoms in total. The number of nitrogens with one attached hydrogen (secondary N) is 2. The van der Waals surface area contributed by atoms with Crippen molar-refractivity contribution in [2.75, 3.05) is 116 Å². The van der Waals surface area contributed by atoms with Crippen molar-refractivity contribution in [3.8, 4) is 0 Å². The first-order valence-electron chi connectivity index (χ1n) is 18.9. The van der Waals surface area contributed by atoms with E-state index in [4.69, 9.17) is 0 Å². The Hall–Kier alpha value is -4.88. The van der Waals surface area contributed by atoms with E-state index in [2.05, 4.69) is 42.4 Å². The summed E-state index contributed by atoms with van der Waals surface area (Å²) in [7, 11) is 4.02. The van der Waals surface area contributed by atoms with Gasteiger partial charge in [0, 0.05) is 112 Å². The number of hydrogen-bond donors (Lipinski definition) is 2. The molecule has 12 heteroatoms. The van der Waals surface area contributed by atoms with Crippen molar-refractivity contribution in [1.29, 1.82) is 0 Å². The summed E-state index contributed by atoms with van der Waals surface area (Å²) in [6.07, 6.45) is 0.850. The molecule has 4 aliphatic rings. The van der Waals surface area contributed by atoms with Crippen molar-refractivity contribution in [1.82, 2.24) is 30.2 Å². The predicted molar refractivity (Wildman–Crippen MR) is 208 cm³/mol. The van der Waals surface area contributed by atoms with Crippen LogP contribution in [0.4, 0.5) is 11.4 Å². The molecular weight excluding hydrogens is 669 g/mol. The Morgan fingerprint density at radius 2 is 0.925 bits per heavy atom. The standard InChI is InChI=1S/C41H48N8O4/c1-44(20-22-48-38(50)32-8-3-6-28-24-30(46-16-10-42-11-17-46)26-34(36(28)32)40(48)52)14-5-15-45(2)21-23-49-39(51)33-9-4-7-29-25-31(47-18-12-43-13-19-47)27-35(37(29)33)41(49)53/h3-4,6-9,24-27,42-43H,5,10-23H2,1-2H3. The van der Waals surface area contributed by atoms with Gasteiger partial charge in [-0.3, -0.25) is 29.0 Å². The van der Waals surface area contributed by atoms with Gasteiger partial charge in [-0.15, -0.1) is 0 Å². The summed E-state index contributed by atoms with van der Waals surface area (Å²) in [6, 6.07) is 19.6. The number of carbonyl (C=O) groups excluding carboxylic acids is 4. The number of carbonyl (C=O) groups is 4. The van der Waals surface area contributed by atoms with Gasteiger partial charge in [0.25, 0.3) is 23.6 Å². The van der Waals surface area contributed by atoms with Gasteiger partial charge in [-0.1, -0.05) is 24.3 Å². The van der Waals surface area contributed by atoms with Crippen LogP contribution in [0.3, 0.4) is 0 Å². The third kappa shape index (κ3) is 6.76. The van der Waals surface area contributed by atoms with Crippen molar-refractivity contribution >= 4 is 56.5 Å². The summed E-state index contributed by atoms with van der Waals surface area (Å²) in [4.78, 5) is 66.5. The van der Waals surface area contributed by atoms with Gasteiger partial charge in [-0.25, -0.2) is 0 Å². The Morgan fingerprint density at radius 3 is 1.34 bits per heavy atom. The van der Waals surface area contributed by atoms with Gasteiger partial charge < -0.3 is 30.2 Å². The van der Waals surface area contributed by atoms with Crippen molar-refractivity contribution in [2.45, 2.75) is 6.42 Å². The summed E-state index contributed by atoms with van der Waals surface area (Å²) in [5.74, 6) is -0.942. The van der Waals surface area contributed by atoms with Crippen LogP contribution >= 0.6 is 0 Å². The Morgan fingerprint density at radius 1 is 0.528 bits per heavy atom. The predicted octanol–water partition coefficient (Wildman–Crippen LogP) is 2.96. The molecule has 2 fully saturated rings.